The van der Waals surface area contributed by atoms with Crippen LogP contribution in [0.5, 0.6) is 0 Å². The summed E-state index contributed by atoms with van der Waals surface area (Å²) in [5, 5.41) is 3.60. The maximum Gasteiger partial charge on any atom is 0.232 e. The molecule has 2 aliphatic heterocycles. The third kappa shape index (κ3) is 4.67. The Morgan fingerprint density at radius 2 is 2.11 bits per heavy atom. The zero-order valence-corrected chi connectivity index (χ0v) is 13.4. The highest BCUT2D eigenvalue weighted by molar-refractivity contribution is 8.01. The molecule has 2 heterocycles. The quantitative estimate of drug-likeness (QED) is 0.864. The smallest absolute Gasteiger partial charge is 0.232 e. The monoisotopic (exact) mass is 284 g/mol. The number of carbonyl (C=O) groups excluding carboxylic acids is 1. The van der Waals surface area contributed by atoms with Crippen molar-refractivity contribution in [3.05, 3.63) is 0 Å². The SMILES string of the molecule is CC(C)(C)SCC(=O)N1CCCC(C2CCCN2)C1. The van der Waals surface area contributed by atoms with Gasteiger partial charge in [-0.15, -0.1) is 11.8 Å². The van der Waals surface area contributed by atoms with Crippen LogP contribution in [0.3, 0.4) is 0 Å². The molecular weight excluding hydrogens is 256 g/mol. The van der Waals surface area contributed by atoms with Crippen molar-refractivity contribution in [3.8, 4) is 0 Å². The Labute approximate surface area is 121 Å². The van der Waals surface area contributed by atoms with Gasteiger partial charge in [0.2, 0.25) is 5.91 Å². The minimum atomic E-state index is 0.178. The first kappa shape index (κ1) is 15.2. The number of nitrogens with zero attached hydrogens (tertiary/aromatic N) is 1. The molecule has 0 spiro atoms. The minimum Gasteiger partial charge on any atom is -0.342 e. The molecule has 0 aromatic carbocycles. The standard InChI is InChI=1S/C15H28N2OS/c1-15(2,3)19-11-14(18)17-9-5-6-12(10-17)13-7-4-8-16-13/h12-13,16H,4-11H2,1-3H3. The molecule has 4 heteroatoms. The van der Waals surface area contributed by atoms with Crippen LogP contribution in [0.25, 0.3) is 0 Å². The van der Waals surface area contributed by atoms with Crippen LogP contribution in [0.2, 0.25) is 0 Å². The number of thioether (sulfide) groups is 1. The summed E-state index contributed by atoms with van der Waals surface area (Å²) in [7, 11) is 0. The topological polar surface area (TPSA) is 32.3 Å². The van der Waals surface area contributed by atoms with E-state index in [1.54, 1.807) is 11.8 Å². The van der Waals surface area contributed by atoms with Crippen molar-refractivity contribution in [2.75, 3.05) is 25.4 Å². The van der Waals surface area contributed by atoms with Gasteiger partial charge in [-0.25, -0.2) is 0 Å². The van der Waals surface area contributed by atoms with Crippen LogP contribution in [-0.2, 0) is 4.79 Å². The molecular formula is C15H28N2OS. The summed E-state index contributed by atoms with van der Waals surface area (Å²) in [6, 6.07) is 0.658. The first-order valence-electron chi connectivity index (χ1n) is 7.61. The maximum atomic E-state index is 12.3. The van der Waals surface area contributed by atoms with Gasteiger partial charge in [-0.3, -0.25) is 4.79 Å². The molecule has 0 saturated carbocycles. The summed E-state index contributed by atoms with van der Waals surface area (Å²) < 4.78 is 0.178. The van der Waals surface area contributed by atoms with Crippen molar-refractivity contribution < 1.29 is 4.79 Å². The van der Waals surface area contributed by atoms with E-state index < -0.39 is 0 Å². The van der Waals surface area contributed by atoms with Gasteiger partial charge in [-0.05, 0) is 38.1 Å². The maximum absolute atomic E-state index is 12.3. The fraction of sp³-hybridized carbons (Fsp3) is 0.933. The van der Waals surface area contributed by atoms with Crippen LogP contribution in [-0.4, -0.2) is 47.0 Å². The summed E-state index contributed by atoms with van der Waals surface area (Å²) in [5.74, 6) is 1.65. The van der Waals surface area contributed by atoms with Gasteiger partial charge in [-0.2, -0.15) is 0 Å². The molecule has 2 unspecified atom stereocenters. The van der Waals surface area contributed by atoms with Gasteiger partial charge in [0.05, 0.1) is 5.75 Å². The van der Waals surface area contributed by atoms with Crippen molar-refractivity contribution >= 4 is 17.7 Å². The Morgan fingerprint density at radius 3 is 2.74 bits per heavy atom. The average molecular weight is 284 g/mol. The predicted molar refractivity (Wildman–Crippen MR) is 82.5 cm³/mol. The summed E-state index contributed by atoms with van der Waals surface area (Å²) in [6.07, 6.45) is 5.06. The molecule has 1 N–H and O–H groups in total. The van der Waals surface area contributed by atoms with Crippen molar-refractivity contribution in [1.29, 1.82) is 0 Å². The van der Waals surface area contributed by atoms with E-state index in [9.17, 15) is 4.79 Å². The van der Waals surface area contributed by atoms with Crippen molar-refractivity contribution in [2.24, 2.45) is 5.92 Å². The predicted octanol–water partition coefficient (Wildman–Crippen LogP) is 2.51. The molecule has 110 valence electrons. The highest BCUT2D eigenvalue weighted by Crippen LogP contribution is 2.27. The van der Waals surface area contributed by atoms with E-state index in [2.05, 4.69) is 31.0 Å². The fourth-order valence-corrected chi connectivity index (χ4v) is 3.79. The number of carbonyl (C=O) groups is 1. The van der Waals surface area contributed by atoms with Crippen molar-refractivity contribution in [3.63, 3.8) is 0 Å². The molecule has 2 aliphatic rings. The van der Waals surface area contributed by atoms with Crippen LogP contribution in [0.4, 0.5) is 0 Å². The number of hydrogen-bond donors (Lipinski definition) is 1. The zero-order valence-electron chi connectivity index (χ0n) is 12.6. The molecule has 2 rings (SSSR count). The molecule has 1 amide bonds. The molecule has 0 radical (unpaired) electrons. The molecule has 2 saturated heterocycles. The molecule has 0 aromatic rings. The molecule has 19 heavy (non-hydrogen) atoms. The lowest BCUT2D eigenvalue weighted by atomic mass is 9.90. The van der Waals surface area contributed by atoms with E-state index in [0.29, 0.717) is 23.6 Å². The Kier molecular flexibility index (Phi) is 5.18. The van der Waals surface area contributed by atoms with Gasteiger partial charge in [-0.1, -0.05) is 20.8 Å². The first-order valence-corrected chi connectivity index (χ1v) is 8.59. The van der Waals surface area contributed by atoms with Gasteiger partial charge in [0.25, 0.3) is 0 Å². The highest BCUT2D eigenvalue weighted by atomic mass is 32.2. The summed E-state index contributed by atoms with van der Waals surface area (Å²) >= 11 is 1.76. The van der Waals surface area contributed by atoms with E-state index in [1.807, 2.05) is 0 Å². The van der Waals surface area contributed by atoms with E-state index in [4.69, 9.17) is 0 Å². The Balaban J connectivity index is 1.81. The van der Waals surface area contributed by atoms with Gasteiger partial charge in [0.15, 0.2) is 0 Å². The average Bonchev–Trinajstić information content (AvgIpc) is 2.89. The molecule has 0 bridgehead atoms. The first-order chi connectivity index (χ1) is 8.96. The number of hydrogen-bond acceptors (Lipinski definition) is 3. The second kappa shape index (κ2) is 6.49. The summed E-state index contributed by atoms with van der Waals surface area (Å²) in [6.45, 7) is 9.62. The van der Waals surface area contributed by atoms with Gasteiger partial charge >= 0.3 is 0 Å². The van der Waals surface area contributed by atoms with E-state index >= 15 is 0 Å². The molecule has 0 aliphatic carbocycles. The molecule has 2 atom stereocenters. The third-order valence-corrected chi connectivity index (χ3v) is 5.36. The van der Waals surface area contributed by atoms with Crippen LogP contribution >= 0.6 is 11.8 Å². The number of nitrogens with one attached hydrogen (secondary N) is 1. The van der Waals surface area contributed by atoms with Crippen LogP contribution in [0.15, 0.2) is 0 Å². The third-order valence-electron chi connectivity index (χ3n) is 4.11. The van der Waals surface area contributed by atoms with Crippen LogP contribution < -0.4 is 5.32 Å². The van der Waals surface area contributed by atoms with Crippen LogP contribution in [0, 0.1) is 5.92 Å². The highest BCUT2D eigenvalue weighted by Gasteiger charge is 2.31. The van der Waals surface area contributed by atoms with Crippen molar-refractivity contribution in [1.82, 2.24) is 10.2 Å². The molecule has 2 fully saturated rings. The summed E-state index contributed by atoms with van der Waals surface area (Å²) in [5.41, 5.74) is 0. The largest absolute Gasteiger partial charge is 0.342 e. The van der Waals surface area contributed by atoms with Crippen LogP contribution in [0.1, 0.15) is 46.5 Å². The molecule has 3 nitrogen and oxygen atoms in total. The Hall–Kier alpha value is -0.220. The molecule has 0 aromatic heterocycles. The van der Waals surface area contributed by atoms with E-state index in [0.717, 1.165) is 19.6 Å². The number of amides is 1. The number of rotatable bonds is 3. The Bertz CT molecular complexity index is 308. The normalized spacial score (nSPS) is 28.7. The minimum absolute atomic E-state index is 0.178. The Morgan fingerprint density at radius 1 is 1.32 bits per heavy atom. The number of likely N-dealkylation sites (tertiary alicyclic amines) is 1. The second-order valence-corrected chi connectivity index (χ2v) is 8.65. The lowest BCUT2D eigenvalue weighted by molar-refractivity contribution is -0.130. The second-order valence-electron chi connectivity index (χ2n) is 6.85. The zero-order chi connectivity index (χ0) is 13.9. The summed E-state index contributed by atoms with van der Waals surface area (Å²) in [4.78, 5) is 14.4. The van der Waals surface area contributed by atoms with E-state index in [-0.39, 0.29) is 4.75 Å². The fourth-order valence-electron chi connectivity index (χ4n) is 3.05. The lowest BCUT2D eigenvalue weighted by Crippen LogP contribution is -2.46. The lowest BCUT2D eigenvalue weighted by Gasteiger charge is -2.36. The van der Waals surface area contributed by atoms with Crippen molar-refractivity contribution in [2.45, 2.75) is 57.2 Å². The van der Waals surface area contributed by atoms with E-state index in [1.165, 1.54) is 25.7 Å². The van der Waals surface area contributed by atoms with Gasteiger partial charge in [0.1, 0.15) is 0 Å². The van der Waals surface area contributed by atoms with Gasteiger partial charge < -0.3 is 10.2 Å². The van der Waals surface area contributed by atoms with Gasteiger partial charge in [0, 0.05) is 23.9 Å². The number of piperidine rings is 1.